The zero-order valence-electron chi connectivity index (χ0n) is 12.2. The molecule has 0 aliphatic heterocycles. The van der Waals surface area contributed by atoms with Crippen molar-refractivity contribution in [1.29, 1.82) is 0 Å². The molecule has 0 saturated heterocycles. The lowest BCUT2D eigenvalue weighted by molar-refractivity contribution is -0.142. The number of esters is 1. The Hall–Kier alpha value is -2.13. The molecule has 1 rings (SSSR count). The molecule has 1 aromatic rings. The van der Waals surface area contributed by atoms with Gasteiger partial charge >= 0.3 is 5.97 Å². The number of ether oxygens (including phenoxy) is 2. The smallest absolute Gasteiger partial charge is 0.331 e. The monoisotopic (exact) mass is 277 g/mol. The van der Waals surface area contributed by atoms with Crippen LogP contribution in [0, 0.1) is 0 Å². The first-order chi connectivity index (χ1) is 9.35. The Morgan fingerprint density at radius 3 is 2.35 bits per heavy atom. The van der Waals surface area contributed by atoms with Crippen molar-refractivity contribution >= 4 is 12.0 Å². The molecule has 0 aliphatic carbocycles. The Bertz CT molecular complexity index is 496. The number of hydrogen-bond acceptors (Lipinski definition) is 5. The third-order valence-electron chi connectivity index (χ3n) is 2.46. The second-order valence-electron chi connectivity index (χ2n) is 5.32. The largest absolute Gasteiger partial charge is 0.488 e. The number of carbonyl (C=O) groups excluding carboxylic acids is 2. The summed E-state index contributed by atoms with van der Waals surface area (Å²) in [4.78, 5) is 25.2. The highest BCUT2D eigenvalue weighted by Gasteiger charge is 2.19. The Kier molecular flexibility index (Phi) is 5.47. The summed E-state index contributed by atoms with van der Waals surface area (Å²) in [6.45, 7) is 5.90. The van der Waals surface area contributed by atoms with E-state index in [-0.39, 0.29) is 12.0 Å². The topological polar surface area (TPSA) is 65.0 Å². The molecule has 0 spiro atoms. The van der Waals surface area contributed by atoms with Crippen molar-refractivity contribution in [2.45, 2.75) is 38.8 Å². The van der Waals surface area contributed by atoms with Crippen LogP contribution in [0.25, 0.3) is 0 Å². The average Bonchev–Trinajstić information content (AvgIpc) is 2.38. The molecule has 0 aromatic heterocycles. The number of methoxy groups -OCH3 is 1. The molecule has 0 aliphatic rings. The van der Waals surface area contributed by atoms with Crippen molar-refractivity contribution in [3.8, 4) is 5.75 Å². The molecular formula is C15H19NO4. The van der Waals surface area contributed by atoms with Crippen LogP contribution in [0.2, 0.25) is 0 Å². The van der Waals surface area contributed by atoms with Crippen LogP contribution in [0.4, 0.5) is 0 Å². The van der Waals surface area contributed by atoms with Gasteiger partial charge in [0.05, 0.1) is 7.11 Å². The number of aliphatic imine (C=N–C) groups is 1. The van der Waals surface area contributed by atoms with Gasteiger partial charge < -0.3 is 9.47 Å². The van der Waals surface area contributed by atoms with Gasteiger partial charge in [-0.15, -0.1) is 0 Å². The summed E-state index contributed by atoms with van der Waals surface area (Å²) in [5, 5.41) is 0. The van der Waals surface area contributed by atoms with Crippen molar-refractivity contribution in [2.24, 2.45) is 4.99 Å². The van der Waals surface area contributed by atoms with Gasteiger partial charge in [0, 0.05) is 6.42 Å². The maximum absolute atomic E-state index is 11.4. The normalized spacial score (nSPS) is 12.2. The van der Waals surface area contributed by atoms with E-state index in [9.17, 15) is 9.59 Å². The second kappa shape index (κ2) is 6.87. The van der Waals surface area contributed by atoms with Gasteiger partial charge in [-0.1, -0.05) is 12.1 Å². The molecule has 0 heterocycles. The molecule has 5 nitrogen and oxygen atoms in total. The van der Waals surface area contributed by atoms with E-state index in [4.69, 9.17) is 4.74 Å². The molecule has 0 radical (unpaired) electrons. The number of hydrogen-bond donors (Lipinski definition) is 0. The highest BCUT2D eigenvalue weighted by atomic mass is 16.5. The third kappa shape index (κ3) is 5.24. The minimum absolute atomic E-state index is 0.266. The van der Waals surface area contributed by atoms with Gasteiger partial charge in [-0.25, -0.2) is 9.59 Å². The van der Waals surface area contributed by atoms with Crippen molar-refractivity contribution in [1.82, 2.24) is 0 Å². The summed E-state index contributed by atoms with van der Waals surface area (Å²) in [6, 6.07) is 6.44. The number of nitrogens with zero attached hydrogens (tertiary/aromatic N) is 1. The van der Waals surface area contributed by atoms with Crippen LogP contribution in [-0.4, -0.2) is 30.8 Å². The van der Waals surface area contributed by atoms with Crippen molar-refractivity contribution in [2.75, 3.05) is 7.11 Å². The maximum Gasteiger partial charge on any atom is 0.331 e. The summed E-state index contributed by atoms with van der Waals surface area (Å²) in [6.07, 6.45) is 1.68. The van der Waals surface area contributed by atoms with E-state index in [0.717, 1.165) is 11.3 Å². The Balaban J connectivity index is 2.77. The van der Waals surface area contributed by atoms with Crippen molar-refractivity contribution in [3.05, 3.63) is 29.8 Å². The fraction of sp³-hybridized carbons (Fsp3) is 0.467. The minimum Gasteiger partial charge on any atom is -0.488 e. The molecule has 1 atom stereocenters. The van der Waals surface area contributed by atoms with Crippen LogP contribution in [0.1, 0.15) is 26.3 Å². The van der Waals surface area contributed by atoms with Crippen LogP contribution in [0.15, 0.2) is 29.3 Å². The van der Waals surface area contributed by atoms with Gasteiger partial charge in [-0.2, -0.15) is 4.99 Å². The van der Waals surface area contributed by atoms with Crippen molar-refractivity contribution in [3.63, 3.8) is 0 Å². The molecule has 0 N–H and O–H groups in total. The zero-order valence-corrected chi connectivity index (χ0v) is 12.2. The number of isocyanates is 1. The van der Waals surface area contributed by atoms with Crippen LogP contribution < -0.4 is 4.74 Å². The summed E-state index contributed by atoms with van der Waals surface area (Å²) in [7, 11) is 1.26. The minimum atomic E-state index is -0.855. The molecule has 20 heavy (non-hydrogen) atoms. The summed E-state index contributed by atoms with van der Waals surface area (Å²) in [5.74, 6) is 0.193. The summed E-state index contributed by atoms with van der Waals surface area (Å²) in [5.41, 5.74) is 0.596. The molecule has 1 aromatic carbocycles. The van der Waals surface area contributed by atoms with Gasteiger partial charge in [0.1, 0.15) is 11.4 Å². The molecular weight excluding hydrogens is 258 g/mol. The summed E-state index contributed by atoms with van der Waals surface area (Å²) < 4.78 is 10.3. The van der Waals surface area contributed by atoms with Crippen LogP contribution in [0.3, 0.4) is 0 Å². The first kappa shape index (κ1) is 15.9. The molecule has 0 fully saturated rings. The number of rotatable bonds is 5. The van der Waals surface area contributed by atoms with E-state index in [1.54, 1.807) is 0 Å². The van der Waals surface area contributed by atoms with Crippen LogP contribution in [0.5, 0.6) is 5.75 Å². The molecule has 0 saturated carbocycles. The first-order valence-electron chi connectivity index (χ1n) is 6.28. The standard InChI is InChI=1S/C15H19NO4/c1-15(2,3)20-12-7-5-11(6-8-12)9-13(16-10-17)14(18)19-4/h5-8,13H,9H2,1-4H3. The molecule has 0 amide bonds. The highest BCUT2D eigenvalue weighted by molar-refractivity contribution is 5.77. The van der Waals surface area contributed by atoms with Crippen LogP contribution >= 0.6 is 0 Å². The zero-order chi connectivity index (χ0) is 15.2. The maximum atomic E-state index is 11.4. The Labute approximate surface area is 118 Å². The lowest BCUT2D eigenvalue weighted by Gasteiger charge is -2.21. The van der Waals surface area contributed by atoms with Crippen molar-refractivity contribution < 1.29 is 19.1 Å². The van der Waals surface area contributed by atoms with Gasteiger partial charge in [-0.05, 0) is 38.5 Å². The molecule has 108 valence electrons. The quantitative estimate of drug-likeness (QED) is 0.470. The predicted molar refractivity (Wildman–Crippen MR) is 74.5 cm³/mol. The number of carbonyl (C=O) groups is 1. The third-order valence-corrected chi connectivity index (χ3v) is 2.46. The second-order valence-corrected chi connectivity index (χ2v) is 5.32. The molecule has 1 unspecified atom stereocenters. The average molecular weight is 277 g/mol. The highest BCUT2D eigenvalue weighted by Crippen LogP contribution is 2.19. The number of benzene rings is 1. The van der Waals surface area contributed by atoms with E-state index in [1.807, 2.05) is 45.0 Å². The fourth-order valence-corrected chi connectivity index (χ4v) is 1.65. The van der Waals surface area contributed by atoms with Gasteiger partial charge in [-0.3, -0.25) is 0 Å². The lowest BCUT2D eigenvalue weighted by Crippen LogP contribution is -2.23. The van der Waals surface area contributed by atoms with E-state index < -0.39 is 12.0 Å². The molecule has 5 heteroatoms. The summed E-state index contributed by atoms with van der Waals surface area (Å²) >= 11 is 0. The van der Waals surface area contributed by atoms with E-state index >= 15 is 0 Å². The van der Waals surface area contributed by atoms with Gasteiger partial charge in [0.2, 0.25) is 6.08 Å². The first-order valence-corrected chi connectivity index (χ1v) is 6.28. The lowest BCUT2D eigenvalue weighted by atomic mass is 10.1. The van der Waals surface area contributed by atoms with E-state index in [2.05, 4.69) is 9.73 Å². The predicted octanol–water partition coefficient (Wildman–Crippen LogP) is 2.28. The molecule has 0 bridgehead atoms. The fourth-order valence-electron chi connectivity index (χ4n) is 1.65. The van der Waals surface area contributed by atoms with Gasteiger partial charge in [0.25, 0.3) is 0 Å². The van der Waals surface area contributed by atoms with Crippen LogP contribution in [-0.2, 0) is 20.7 Å². The van der Waals surface area contributed by atoms with Gasteiger partial charge in [0.15, 0.2) is 6.04 Å². The Morgan fingerprint density at radius 2 is 1.90 bits per heavy atom. The Morgan fingerprint density at radius 1 is 1.30 bits per heavy atom. The van der Waals surface area contributed by atoms with E-state index in [0.29, 0.717) is 0 Å². The SMILES string of the molecule is COC(=O)C(Cc1ccc(OC(C)(C)C)cc1)N=C=O. The van der Waals surface area contributed by atoms with E-state index in [1.165, 1.54) is 13.2 Å².